The molecule has 0 atom stereocenters. The van der Waals surface area contributed by atoms with Gasteiger partial charge in [0, 0.05) is 29.6 Å². The molecular weight excluding hydrogens is 479 g/mol. The number of amides is 1. The van der Waals surface area contributed by atoms with Crippen molar-refractivity contribution < 1.29 is 22.3 Å². The highest BCUT2D eigenvalue weighted by Gasteiger charge is 2.32. The molecule has 9 heteroatoms. The molecule has 3 aromatic rings. The lowest BCUT2D eigenvalue weighted by Gasteiger charge is -2.30. The van der Waals surface area contributed by atoms with Crippen LogP contribution in [0, 0.1) is 11.7 Å². The van der Waals surface area contributed by atoms with Crippen LogP contribution in [0.5, 0.6) is 11.5 Å². The molecule has 4 rings (SSSR count). The van der Waals surface area contributed by atoms with Gasteiger partial charge in [-0.2, -0.15) is 0 Å². The summed E-state index contributed by atoms with van der Waals surface area (Å²) in [6, 6.07) is 20.0. The molecule has 0 bridgehead atoms. The van der Waals surface area contributed by atoms with Gasteiger partial charge in [0.25, 0.3) is 0 Å². The predicted molar refractivity (Wildman–Crippen MR) is 130 cm³/mol. The van der Waals surface area contributed by atoms with E-state index in [1.165, 1.54) is 22.5 Å². The minimum Gasteiger partial charge on any atom is -0.455 e. The number of benzene rings is 3. The van der Waals surface area contributed by atoms with E-state index in [0.717, 1.165) is 0 Å². The fraction of sp³-hybridized carbons (Fsp3) is 0.240. The highest BCUT2D eigenvalue weighted by molar-refractivity contribution is 7.88. The zero-order chi connectivity index (χ0) is 24.1. The summed E-state index contributed by atoms with van der Waals surface area (Å²) in [5.41, 5.74) is 0.574. The molecule has 1 amide bonds. The standard InChI is InChI=1S/C25H24ClFN2O4S/c26-20-10-11-24(33-21-7-2-1-3-8-21)23(16-20)28-25(30)18-12-14-29(15-13-18)34(31,32)17-19-6-4-5-9-22(19)27/h1-11,16,18H,12-15,17H2,(H,28,30). The summed E-state index contributed by atoms with van der Waals surface area (Å²) in [5, 5.41) is 3.33. The van der Waals surface area contributed by atoms with E-state index in [9.17, 15) is 17.6 Å². The highest BCUT2D eigenvalue weighted by Crippen LogP contribution is 2.33. The van der Waals surface area contributed by atoms with Crippen LogP contribution in [0.25, 0.3) is 0 Å². The van der Waals surface area contributed by atoms with Gasteiger partial charge in [0.05, 0.1) is 11.4 Å². The van der Waals surface area contributed by atoms with Crippen molar-refractivity contribution in [3.05, 3.63) is 89.2 Å². The number of rotatable bonds is 7. The van der Waals surface area contributed by atoms with Crippen molar-refractivity contribution >= 4 is 33.2 Å². The van der Waals surface area contributed by atoms with Crippen molar-refractivity contribution in [2.24, 2.45) is 5.92 Å². The molecule has 1 heterocycles. The fourth-order valence-electron chi connectivity index (χ4n) is 3.84. The molecule has 178 valence electrons. The van der Waals surface area contributed by atoms with E-state index in [2.05, 4.69) is 5.32 Å². The van der Waals surface area contributed by atoms with Crippen LogP contribution in [0.15, 0.2) is 72.8 Å². The summed E-state index contributed by atoms with van der Waals surface area (Å²) in [5.74, 6) is -0.480. The minimum atomic E-state index is -3.69. The molecule has 1 aliphatic rings. The van der Waals surface area contributed by atoms with Crippen LogP contribution >= 0.6 is 11.6 Å². The normalized spacial score (nSPS) is 15.1. The maximum atomic E-state index is 13.9. The first-order chi connectivity index (χ1) is 16.3. The van der Waals surface area contributed by atoms with Crippen LogP contribution in [0.2, 0.25) is 5.02 Å². The van der Waals surface area contributed by atoms with Gasteiger partial charge >= 0.3 is 0 Å². The average molecular weight is 503 g/mol. The van der Waals surface area contributed by atoms with Gasteiger partial charge in [0.1, 0.15) is 11.6 Å². The Morgan fingerprint density at radius 1 is 1.03 bits per heavy atom. The van der Waals surface area contributed by atoms with E-state index in [0.29, 0.717) is 35.1 Å². The zero-order valence-corrected chi connectivity index (χ0v) is 19.9. The number of anilines is 1. The topological polar surface area (TPSA) is 75.7 Å². The van der Waals surface area contributed by atoms with Gasteiger partial charge in [0.15, 0.2) is 5.75 Å². The number of carbonyl (C=O) groups is 1. The van der Waals surface area contributed by atoms with Crippen molar-refractivity contribution in [1.29, 1.82) is 0 Å². The molecule has 0 radical (unpaired) electrons. The molecule has 3 aromatic carbocycles. The molecular formula is C25H24ClFN2O4S. The molecule has 1 aliphatic heterocycles. The quantitative estimate of drug-likeness (QED) is 0.466. The summed E-state index contributed by atoms with van der Waals surface area (Å²) < 4.78 is 46.6. The van der Waals surface area contributed by atoms with E-state index in [-0.39, 0.29) is 30.5 Å². The number of ether oxygens (including phenoxy) is 1. The van der Waals surface area contributed by atoms with Gasteiger partial charge in [-0.3, -0.25) is 4.79 Å². The van der Waals surface area contributed by atoms with Crippen molar-refractivity contribution in [1.82, 2.24) is 4.31 Å². The SMILES string of the molecule is O=C(Nc1cc(Cl)ccc1Oc1ccccc1)C1CCN(S(=O)(=O)Cc2ccccc2F)CC1. The summed E-state index contributed by atoms with van der Waals surface area (Å²) in [4.78, 5) is 12.9. The Labute approximate surface area is 203 Å². The van der Waals surface area contributed by atoms with E-state index in [1.807, 2.05) is 18.2 Å². The second kappa shape index (κ2) is 10.5. The predicted octanol–water partition coefficient (Wildman–Crippen LogP) is 5.45. The first-order valence-electron chi connectivity index (χ1n) is 10.9. The van der Waals surface area contributed by atoms with Gasteiger partial charge in [-0.05, 0) is 49.2 Å². The van der Waals surface area contributed by atoms with Gasteiger partial charge in [-0.25, -0.2) is 17.1 Å². The number of nitrogens with zero attached hydrogens (tertiary/aromatic N) is 1. The van der Waals surface area contributed by atoms with E-state index < -0.39 is 21.6 Å². The first kappa shape index (κ1) is 24.2. The summed E-state index contributed by atoms with van der Waals surface area (Å²) in [6.45, 7) is 0.385. The lowest BCUT2D eigenvalue weighted by Crippen LogP contribution is -2.42. The molecule has 0 aliphatic carbocycles. The molecule has 1 saturated heterocycles. The van der Waals surface area contributed by atoms with Crippen molar-refractivity contribution in [3.63, 3.8) is 0 Å². The third-order valence-electron chi connectivity index (χ3n) is 5.68. The van der Waals surface area contributed by atoms with Crippen molar-refractivity contribution in [2.75, 3.05) is 18.4 Å². The van der Waals surface area contributed by atoms with Gasteiger partial charge in [-0.1, -0.05) is 48.0 Å². The molecule has 0 unspecified atom stereocenters. The Balaban J connectivity index is 1.39. The summed E-state index contributed by atoms with van der Waals surface area (Å²) in [6.07, 6.45) is 0.718. The average Bonchev–Trinajstić information content (AvgIpc) is 2.83. The van der Waals surface area contributed by atoms with Crippen molar-refractivity contribution in [3.8, 4) is 11.5 Å². The highest BCUT2D eigenvalue weighted by atomic mass is 35.5. The minimum absolute atomic E-state index is 0.134. The molecule has 0 spiro atoms. The van der Waals surface area contributed by atoms with E-state index >= 15 is 0 Å². The lowest BCUT2D eigenvalue weighted by molar-refractivity contribution is -0.120. The third kappa shape index (κ3) is 5.94. The van der Waals surface area contributed by atoms with Gasteiger partial charge < -0.3 is 10.1 Å². The number of hydrogen-bond donors (Lipinski definition) is 1. The molecule has 1 fully saturated rings. The number of halogens is 2. The Bertz CT molecular complexity index is 1260. The van der Waals surface area contributed by atoms with Gasteiger partial charge in [0.2, 0.25) is 15.9 Å². The number of para-hydroxylation sites is 1. The molecule has 1 N–H and O–H groups in total. The second-order valence-corrected chi connectivity index (χ2v) is 10.5. The Hall–Kier alpha value is -2.94. The number of carbonyl (C=O) groups excluding carboxylic acids is 1. The van der Waals surface area contributed by atoms with E-state index in [1.54, 1.807) is 36.4 Å². The van der Waals surface area contributed by atoms with Crippen LogP contribution < -0.4 is 10.1 Å². The zero-order valence-electron chi connectivity index (χ0n) is 18.3. The third-order valence-corrected chi connectivity index (χ3v) is 7.75. The number of hydrogen-bond acceptors (Lipinski definition) is 4. The Morgan fingerprint density at radius 3 is 2.41 bits per heavy atom. The first-order valence-corrected chi connectivity index (χ1v) is 12.8. The number of piperidine rings is 1. The summed E-state index contributed by atoms with van der Waals surface area (Å²) >= 11 is 6.13. The van der Waals surface area contributed by atoms with Crippen LogP contribution in [0.4, 0.5) is 10.1 Å². The Morgan fingerprint density at radius 2 is 1.71 bits per heavy atom. The second-order valence-electron chi connectivity index (χ2n) is 8.07. The molecule has 0 aromatic heterocycles. The largest absolute Gasteiger partial charge is 0.455 e. The lowest BCUT2D eigenvalue weighted by atomic mass is 9.97. The van der Waals surface area contributed by atoms with Crippen molar-refractivity contribution in [2.45, 2.75) is 18.6 Å². The summed E-state index contributed by atoms with van der Waals surface area (Å²) in [7, 11) is -3.69. The Kier molecular flexibility index (Phi) is 7.50. The smallest absolute Gasteiger partial charge is 0.227 e. The van der Waals surface area contributed by atoms with Crippen LogP contribution in [-0.2, 0) is 20.6 Å². The van der Waals surface area contributed by atoms with Gasteiger partial charge in [-0.15, -0.1) is 0 Å². The van der Waals surface area contributed by atoms with Crippen LogP contribution in [-0.4, -0.2) is 31.7 Å². The van der Waals surface area contributed by atoms with Crippen LogP contribution in [0.1, 0.15) is 18.4 Å². The monoisotopic (exact) mass is 502 g/mol. The number of sulfonamides is 1. The molecule has 34 heavy (non-hydrogen) atoms. The van der Waals surface area contributed by atoms with E-state index in [4.69, 9.17) is 16.3 Å². The maximum Gasteiger partial charge on any atom is 0.227 e. The molecule has 6 nitrogen and oxygen atoms in total. The van der Waals surface area contributed by atoms with Crippen LogP contribution in [0.3, 0.4) is 0 Å². The fourth-order valence-corrected chi connectivity index (χ4v) is 5.59. The molecule has 0 saturated carbocycles. The maximum absolute atomic E-state index is 13.9. The number of nitrogens with one attached hydrogen (secondary N) is 1.